The molecule has 0 saturated carbocycles. The van der Waals surface area contributed by atoms with Crippen molar-refractivity contribution in [1.29, 1.82) is 0 Å². The zero-order valence-electron chi connectivity index (χ0n) is 15.5. The van der Waals surface area contributed by atoms with Gasteiger partial charge in [0.25, 0.3) is 0 Å². The van der Waals surface area contributed by atoms with Gasteiger partial charge in [-0.25, -0.2) is 0 Å². The van der Waals surface area contributed by atoms with E-state index in [-0.39, 0.29) is 11.8 Å². The van der Waals surface area contributed by atoms with Crippen LogP contribution in [-0.2, 0) is 13.0 Å². The van der Waals surface area contributed by atoms with Gasteiger partial charge < -0.3 is 15.2 Å². The van der Waals surface area contributed by atoms with Crippen molar-refractivity contribution >= 4 is 0 Å². The second kappa shape index (κ2) is 7.80. The number of nitrogens with one attached hydrogen (secondary N) is 1. The fourth-order valence-electron chi connectivity index (χ4n) is 3.57. The number of aromatic hydroxyl groups is 1. The van der Waals surface area contributed by atoms with Crippen molar-refractivity contribution in [3.63, 3.8) is 0 Å². The number of ether oxygens (including phenoxy) is 1. The molecule has 3 aromatic rings. The van der Waals surface area contributed by atoms with E-state index in [1.54, 1.807) is 6.07 Å². The molecule has 2 N–H and O–H groups in total. The molecule has 0 bridgehead atoms. The number of fused-ring (bicyclic) bond motifs is 1. The molecule has 4 nitrogen and oxygen atoms in total. The van der Waals surface area contributed by atoms with E-state index in [0.717, 1.165) is 30.9 Å². The maximum atomic E-state index is 10.1. The summed E-state index contributed by atoms with van der Waals surface area (Å²) in [6.45, 7) is 3.22. The molecule has 4 rings (SSSR count). The van der Waals surface area contributed by atoms with Gasteiger partial charge in [0.1, 0.15) is 11.5 Å². The largest absolute Gasteiger partial charge is 0.506 e. The summed E-state index contributed by atoms with van der Waals surface area (Å²) in [6.07, 6.45) is 2.10. The van der Waals surface area contributed by atoms with E-state index >= 15 is 0 Å². The van der Waals surface area contributed by atoms with Gasteiger partial charge in [-0.1, -0.05) is 42.5 Å². The summed E-state index contributed by atoms with van der Waals surface area (Å²) in [5.74, 6) is 1.22. The number of hydrogen-bond acceptors (Lipinski definition) is 4. The SMILES string of the molecule is Cc1ccc(O)c(CNC(c2ccccc2)c2ccc3c(c2)CCCO3)n1. The van der Waals surface area contributed by atoms with Crippen LogP contribution in [0.3, 0.4) is 0 Å². The Bertz CT molecular complexity index is 925. The fraction of sp³-hybridized carbons (Fsp3) is 0.261. The predicted octanol–water partition coefficient (Wildman–Crippen LogP) is 4.30. The number of nitrogens with zero attached hydrogens (tertiary/aromatic N) is 1. The van der Waals surface area contributed by atoms with Crippen molar-refractivity contribution in [3.05, 3.63) is 88.7 Å². The van der Waals surface area contributed by atoms with Gasteiger partial charge in [-0.3, -0.25) is 4.98 Å². The van der Waals surface area contributed by atoms with E-state index in [0.29, 0.717) is 12.2 Å². The topological polar surface area (TPSA) is 54.4 Å². The number of hydrogen-bond donors (Lipinski definition) is 2. The van der Waals surface area contributed by atoms with Crippen LogP contribution in [0.15, 0.2) is 60.7 Å². The lowest BCUT2D eigenvalue weighted by Gasteiger charge is -2.23. The zero-order chi connectivity index (χ0) is 18.6. The van der Waals surface area contributed by atoms with Crippen LogP contribution in [0.1, 0.15) is 40.5 Å². The lowest BCUT2D eigenvalue weighted by atomic mass is 9.94. The second-order valence-corrected chi connectivity index (χ2v) is 6.96. The van der Waals surface area contributed by atoms with E-state index in [9.17, 15) is 5.11 Å². The quantitative estimate of drug-likeness (QED) is 0.712. The molecule has 0 fully saturated rings. The summed E-state index contributed by atoms with van der Waals surface area (Å²) in [7, 11) is 0. The third kappa shape index (κ3) is 3.96. The Morgan fingerprint density at radius 1 is 1.07 bits per heavy atom. The maximum absolute atomic E-state index is 10.1. The van der Waals surface area contributed by atoms with Crippen molar-refractivity contribution in [2.75, 3.05) is 6.61 Å². The smallest absolute Gasteiger partial charge is 0.138 e. The number of pyridine rings is 1. The molecule has 1 aliphatic heterocycles. The average Bonchev–Trinajstić information content (AvgIpc) is 2.71. The first-order chi connectivity index (χ1) is 13.2. The third-order valence-electron chi connectivity index (χ3n) is 4.96. The molecule has 1 aliphatic rings. The van der Waals surface area contributed by atoms with Crippen LogP contribution in [-0.4, -0.2) is 16.7 Å². The first-order valence-electron chi connectivity index (χ1n) is 9.40. The second-order valence-electron chi connectivity index (χ2n) is 6.96. The molecule has 2 aromatic carbocycles. The van der Waals surface area contributed by atoms with Crippen LogP contribution >= 0.6 is 0 Å². The van der Waals surface area contributed by atoms with Gasteiger partial charge in [0.05, 0.1) is 18.3 Å². The lowest BCUT2D eigenvalue weighted by Crippen LogP contribution is -2.23. The van der Waals surface area contributed by atoms with Crippen molar-refractivity contribution in [2.45, 2.75) is 32.4 Å². The highest BCUT2D eigenvalue weighted by Gasteiger charge is 2.18. The van der Waals surface area contributed by atoms with Gasteiger partial charge in [0.2, 0.25) is 0 Å². The van der Waals surface area contributed by atoms with Crippen LogP contribution in [0, 0.1) is 6.92 Å². The summed E-state index contributed by atoms with van der Waals surface area (Å²) in [5, 5.41) is 13.7. The number of aromatic nitrogens is 1. The van der Waals surface area contributed by atoms with E-state index < -0.39 is 0 Å². The van der Waals surface area contributed by atoms with E-state index in [1.807, 2.05) is 31.2 Å². The minimum absolute atomic E-state index is 0.0140. The van der Waals surface area contributed by atoms with Crippen molar-refractivity contribution in [1.82, 2.24) is 10.3 Å². The molecule has 4 heteroatoms. The zero-order valence-corrected chi connectivity index (χ0v) is 15.5. The summed E-state index contributed by atoms with van der Waals surface area (Å²) in [4.78, 5) is 4.47. The Balaban J connectivity index is 1.64. The molecule has 1 atom stereocenters. The first-order valence-corrected chi connectivity index (χ1v) is 9.40. The Morgan fingerprint density at radius 3 is 2.78 bits per heavy atom. The minimum atomic E-state index is 0.0140. The summed E-state index contributed by atoms with van der Waals surface area (Å²) in [5.41, 5.74) is 5.20. The number of aryl methyl sites for hydroxylation is 2. The summed E-state index contributed by atoms with van der Waals surface area (Å²) < 4.78 is 5.76. The van der Waals surface area contributed by atoms with Crippen molar-refractivity contribution in [2.24, 2.45) is 0 Å². The molecule has 27 heavy (non-hydrogen) atoms. The monoisotopic (exact) mass is 360 g/mol. The van der Waals surface area contributed by atoms with Gasteiger partial charge in [0.15, 0.2) is 0 Å². The highest BCUT2D eigenvalue weighted by molar-refractivity contribution is 5.42. The Kier molecular flexibility index (Phi) is 5.07. The molecular formula is C23H24N2O2. The molecule has 0 saturated heterocycles. The van der Waals surface area contributed by atoms with Crippen LogP contribution in [0.2, 0.25) is 0 Å². The highest BCUT2D eigenvalue weighted by Crippen LogP contribution is 2.30. The highest BCUT2D eigenvalue weighted by atomic mass is 16.5. The van der Waals surface area contributed by atoms with Crippen LogP contribution in [0.5, 0.6) is 11.5 Å². The molecule has 1 aromatic heterocycles. The predicted molar refractivity (Wildman–Crippen MR) is 106 cm³/mol. The fourth-order valence-corrected chi connectivity index (χ4v) is 3.57. The average molecular weight is 360 g/mol. The molecular weight excluding hydrogens is 336 g/mol. The standard InChI is InChI=1S/C23H24N2O2/c1-16-9-11-21(26)20(25-16)15-24-23(17-6-3-2-4-7-17)19-10-12-22-18(14-19)8-5-13-27-22/h2-4,6-7,9-12,14,23-24,26H,5,8,13,15H2,1H3. The van der Waals surface area contributed by atoms with Crippen LogP contribution in [0.4, 0.5) is 0 Å². The summed E-state index contributed by atoms with van der Waals surface area (Å²) >= 11 is 0. The van der Waals surface area contributed by atoms with Crippen molar-refractivity contribution in [3.8, 4) is 11.5 Å². The molecule has 0 amide bonds. The third-order valence-corrected chi connectivity index (χ3v) is 4.96. The first kappa shape index (κ1) is 17.6. The lowest BCUT2D eigenvalue weighted by molar-refractivity contribution is 0.288. The van der Waals surface area contributed by atoms with Gasteiger partial charge in [-0.2, -0.15) is 0 Å². The Hall–Kier alpha value is -2.85. The van der Waals surface area contributed by atoms with E-state index in [2.05, 4.69) is 40.6 Å². The van der Waals surface area contributed by atoms with Gasteiger partial charge in [-0.05, 0) is 54.7 Å². The van der Waals surface area contributed by atoms with Crippen molar-refractivity contribution < 1.29 is 9.84 Å². The molecule has 0 aliphatic carbocycles. The van der Waals surface area contributed by atoms with E-state index in [4.69, 9.17) is 4.74 Å². The molecule has 2 heterocycles. The normalized spacial score (nSPS) is 14.3. The van der Waals surface area contributed by atoms with Gasteiger partial charge in [-0.15, -0.1) is 0 Å². The maximum Gasteiger partial charge on any atom is 0.138 e. The van der Waals surface area contributed by atoms with Crippen LogP contribution in [0.25, 0.3) is 0 Å². The Morgan fingerprint density at radius 2 is 1.93 bits per heavy atom. The minimum Gasteiger partial charge on any atom is -0.506 e. The van der Waals surface area contributed by atoms with E-state index in [1.165, 1.54) is 16.7 Å². The number of rotatable bonds is 5. The molecule has 0 spiro atoms. The summed E-state index contributed by atoms with van der Waals surface area (Å²) in [6, 6.07) is 20.3. The van der Waals surface area contributed by atoms with Crippen LogP contribution < -0.4 is 10.1 Å². The Labute approximate surface area is 159 Å². The molecule has 0 radical (unpaired) electrons. The molecule has 1 unspecified atom stereocenters. The van der Waals surface area contributed by atoms with Gasteiger partial charge >= 0.3 is 0 Å². The number of benzene rings is 2. The van der Waals surface area contributed by atoms with Gasteiger partial charge in [0, 0.05) is 12.2 Å². The molecule has 138 valence electrons.